The summed E-state index contributed by atoms with van der Waals surface area (Å²) in [4.78, 5) is 11.5. The smallest absolute Gasteiger partial charge is 0.302 e. The quantitative estimate of drug-likeness (QED) is 0.317. The van der Waals surface area contributed by atoms with Crippen LogP contribution in [0.1, 0.15) is 112 Å². The third-order valence-corrected chi connectivity index (χ3v) is 10.6. The molecule has 3 saturated carbocycles. The van der Waals surface area contributed by atoms with Gasteiger partial charge in [0.2, 0.25) is 0 Å². The van der Waals surface area contributed by atoms with Gasteiger partial charge in [0.1, 0.15) is 6.10 Å². The molecule has 0 radical (unpaired) electrons. The molecule has 2 heteroatoms. The fourth-order valence-corrected chi connectivity index (χ4v) is 8.99. The second-order valence-electron chi connectivity index (χ2n) is 12.8. The first-order chi connectivity index (χ1) is 14.6. The lowest BCUT2D eigenvalue weighted by molar-refractivity contribution is -0.148. The van der Waals surface area contributed by atoms with E-state index in [9.17, 15) is 4.79 Å². The van der Waals surface area contributed by atoms with Gasteiger partial charge in [0.05, 0.1) is 0 Å². The van der Waals surface area contributed by atoms with Gasteiger partial charge in [0.25, 0.3) is 0 Å². The average Bonchev–Trinajstić information content (AvgIpc) is 3.05. The molecule has 31 heavy (non-hydrogen) atoms. The monoisotopic (exact) mass is 428 g/mol. The van der Waals surface area contributed by atoms with Crippen molar-refractivity contribution in [2.75, 3.05) is 0 Å². The number of carbonyl (C=O) groups is 1. The van der Waals surface area contributed by atoms with E-state index in [-0.39, 0.29) is 12.1 Å². The molecular weight excluding hydrogens is 380 g/mol. The summed E-state index contributed by atoms with van der Waals surface area (Å²) >= 11 is 0. The van der Waals surface area contributed by atoms with E-state index in [1.165, 1.54) is 57.8 Å². The van der Waals surface area contributed by atoms with Gasteiger partial charge in [-0.3, -0.25) is 4.79 Å². The van der Waals surface area contributed by atoms with Gasteiger partial charge in [-0.2, -0.15) is 0 Å². The minimum atomic E-state index is -0.115. The van der Waals surface area contributed by atoms with Crippen LogP contribution in [0.25, 0.3) is 0 Å². The molecule has 0 aliphatic heterocycles. The van der Waals surface area contributed by atoms with Crippen molar-refractivity contribution in [2.45, 2.75) is 118 Å². The maximum atomic E-state index is 11.5. The van der Waals surface area contributed by atoms with Crippen LogP contribution in [0, 0.1) is 46.3 Å². The Hall–Kier alpha value is -0.790. The van der Waals surface area contributed by atoms with Crippen molar-refractivity contribution >= 4 is 5.97 Å². The van der Waals surface area contributed by atoms with E-state index >= 15 is 0 Å². The van der Waals surface area contributed by atoms with Crippen LogP contribution in [0.3, 0.4) is 0 Å². The summed E-state index contributed by atoms with van der Waals surface area (Å²) < 4.78 is 5.61. The van der Waals surface area contributed by atoms with Crippen molar-refractivity contribution in [3.05, 3.63) is 11.6 Å². The Morgan fingerprint density at radius 1 is 1.06 bits per heavy atom. The molecule has 0 heterocycles. The first-order valence-electron chi connectivity index (χ1n) is 13.5. The molecule has 0 spiro atoms. The zero-order valence-electron chi connectivity index (χ0n) is 21.2. The standard InChI is InChI=1S/C29H48O2/c1-19(2)8-7-9-20(3)25-12-13-26-24-11-10-22-18-23(31-21(4)30)14-16-28(22,5)27(24)15-17-29(25,26)6/h10,19-20,23-27H,7-9,11-18H2,1-6H3/t20-,23-,24-,25+,26-,27+,28-,29+/m0/s1. The molecule has 0 unspecified atom stereocenters. The molecule has 0 amide bonds. The Morgan fingerprint density at radius 3 is 2.55 bits per heavy atom. The number of allylic oxidation sites excluding steroid dienone is 1. The second-order valence-corrected chi connectivity index (χ2v) is 12.8. The van der Waals surface area contributed by atoms with E-state index < -0.39 is 0 Å². The Bertz CT molecular complexity index is 693. The zero-order chi connectivity index (χ0) is 22.4. The molecule has 4 aliphatic carbocycles. The van der Waals surface area contributed by atoms with E-state index in [1.807, 2.05) is 0 Å². The fraction of sp³-hybridized carbons (Fsp3) is 0.897. The minimum Gasteiger partial charge on any atom is -0.462 e. The predicted molar refractivity (Wildman–Crippen MR) is 129 cm³/mol. The largest absolute Gasteiger partial charge is 0.462 e. The van der Waals surface area contributed by atoms with Crippen LogP contribution in [0.15, 0.2) is 11.6 Å². The first-order valence-corrected chi connectivity index (χ1v) is 13.5. The van der Waals surface area contributed by atoms with Gasteiger partial charge in [-0.25, -0.2) is 0 Å². The van der Waals surface area contributed by atoms with Crippen LogP contribution in [0.4, 0.5) is 0 Å². The van der Waals surface area contributed by atoms with E-state index in [0.29, 0.717) is 10.8 Å². The normalized spacial score (nSPS) is 42.9. The fourth-order valence-electron chi connectivity index (χ4n) is 8.99. The average molecular weight is 429 g/mol. The molecule has 4 rings (SSSR count). The van der Waals surface area contributed by atoms with Gasteiger partial charge in [-0.05, 0) is 91.3 Å². The molecule has 0 saturated heterocycles. The van der Waals surface area contributed by atoms with Crippen molar-refractivity contribution < 1.29 is 9.53 Å². The van der Waals surface area contributed by atoms with Crippen molar-refractivity contribution in [1.29, 1.82) is 0 Å². The molecule has 0 N–H and O–H groups in total. The highest BCUT2D eigenvalue weighted by molar-refractivity contribution is 5.66. The molecule has 4 aliphatic rings. The van der Waals surface area contributed by atoms with Crippen LogP contribution in [0.5, 0.6) is 0 Å². The zero-order valence-corrected chi connectivity index (χ0v) is 21.2. The third kappa shape index (κ3) is 4.26. The van der Waals surface area contributed by atoms with Gasteiger partial charge < -0.3 is 4.74 Å². The summed E-state index contributed by atoms with van der Waals surface area (Å²) in [5, 5.41) is 0. The SMILES string of the molecule is CC(=O)O[C@H]1CC[C@@]2(C)C(=CC[C@@H]3[C@H]2CC[C@]2(C)[C@@H]([C@@H](C)CCCC(C)C)CC[C@@H]32)C1. The molecule has 0 bridgehead atoms. The van der Waals surface area contributed by atoms with Crippen LogP contribution in [-0.4, -0.2) is 12.1 Å². The van der Waals surface area contributed by atoms with Crippen LogP contribution < -0.4 is 0 Å². The van der Waals surface area contributed by atoms with Gasteiger partial charge in [0, 0.05) is 13.3 Å². The highest BCUT2D eigenvalue weighted by atomic mass is 16.5. The summed E-state index contributed by atoms with van der Waals surface area (Å²) in [5.74, 6) is 5.19. The van der Waals surface area contributed by atoms with E-state index in [0.717, 1.165) is 48.3 Å². The topological polar surface area (TPSA) is 26.3 Å². The highest BCUT2D eigenvalue weighted by Crippen LogP contribution is 2.67. The first kappa shape index (κ1) is 23.4. The molecule has 8 atom stereocenters. The summed E-state index contributed by atoms with van der Waals surface area (Å²) in [7, 11) is 0. The van der Waals surface area contributed by atoms with E-state index in [2.05, 4.69) is 40.7 Å². The summed E-state index contributed by atoms with van der Waals surface area (Å²) in [6, 6.07) is 0. The maximum absolute atomic E-state index is 11.5. The molecule has 0 aromatic heterocycles. The summed E-state index contributed by atoms with van der Waals surface area (Å²) in [6.07, 6.45) is 17.2. The minimum absolute atomic E-state index is 0.115. The van der Waals surface area contributed by atoms with Gasteiger partial charge in [0.15, 0.2) is 0 Å². The van der Waals surface area contributed by atoms with Crippen molar-refractivity contribution in [1.82, 2.24) is 0 Å². The van der Waals surface area contributed by atoms with Crippen LogP contribution in [0.2, 0.25) is 0 Å². The lowest BCUT2D eigenvalue weighted by Gasteiger charge is -2.58. The number of hydrogen-bond donors (Lipinski definition) is 0. The molecule has 2 nitrogen and oxygen atoms in total. The highest BCUT2D eigenvalue weighted by Gasteiger charge is 2.59. The van der Waals surface area contributed by atoms with Crippen molar-refractivity contribution in [2.24, 2.45) is 46.3 Å². The lowest BCUT2D eigenvalue weighted by Crippen LogP contribution is -2.51. The van der Waals surface area contributed by atoms with Gasteiger partial charge in [-0.1, -0.05) is 65.5 Å². The Balaban J connectivity index is 1.47. The number of ether oxygens (including phenoxy) is 1. The van der Waals surface area contributed by atoms with Crippen molar-refractivity contribution in [3.8, 4) is 0 Å². The van der Waals surface area contributed by atoms with Gasteiger partial charge in [-0.15, -0.1) is 0 Å². The number of rotatable bonds is 6. The Kier molecular flexibility index (Phi) is 6.68. The van der Waals surface area contributed by atoms with E-state index in [1.54, 1.807) is 12.5 Å². The maximum Gasteiger partial charge on any atom is 0.302 e. The number of esters is 1. The number of fused-ring (bicyclic) bond motifs is 5. The van der Waals surface area contributed by atoms with Crippen LogP contribution >= 0.6 is 0 Å². The molecule has 176 valence electrons. The Labute approximate surface area is 192 Å². The van der Waals surface area contributed by atoms with E-state index in [4.69, 9.17) is 4.74 Å². The molecule has 0 aromatic carbocycles. The lowest BCUT2D eigenvalue weighted by atomic mass is 9.47. The summed E-state index contributed by atoms with van der Waals surface area (Å²) in [5.41, 5.74) is 2.53. The number of hydrogen-bond acceptors (Lipinski definition) is 2. The van der Waals surface area contributed by atoms with Crippen LogP contribution in [-0.2, 0) is 9.53 Å². The molecular formula is C29H48O2. The number of carbonyl (C=O) groups excluding carboxylic acids is 1. The van der Waals surface area contributed by atoms with Gasteiger partial charge >= 0.3 is 5.97 Å². The molecule has 0 aromatic rings. The Morgan fingerprint density at radius 2 is 1.84 bits per heavy atom. The second kappa shape index (κ2) is 8.86. The molecule has 3 fully saturated rings. The summed E-state index contributed by atoms with van der Waals surface area (Å²) in [6.45, 7) is 14.1. The predicted octanol–water partition coefficient (Wildman–Crippen LogP) is 7.96. The third-order valence-electron chi connectivity index (χ3n) is 10.6. The van der Waals surface area contributed by atoms with Crippen molar-refractivity contribution in [3.63, 3.8) is 0 Å².